The van der Waals surface area contributed by atoms with E-state index >= 15 is 0 Å². The van der Waals surface area contributed by atoms with Gasteiger partial charge < -0.3 is 9.73 Å². The first-order valence-corrected chi connectivity index (χ1v) is 7.61. The molecule has 1 aliphatic heterocycles. The smallest absolute Gasteiger partial charge is 0.332 e. The maximum Gasteiger partial charge on any atom is 0.332 e. The summed E-state index contributed by atoms with van der Waals surface area (Å²) in [5.74, 6) is 0. The Morgan fingerprint density at radius 3 is 2.95 bits per heavy atom. The Morgan fingerprint density at radius 1 is 1.42 bits per heavy atom. The van der Waals surface area contributed by atoms with E-state index in [1.807, 2.05) is 6.92 Å². The number of aromatic nitrogens is 1. The fourth-order valence-corrected chi connectivity index (χ4v) is 3.73. The van der Waals surface area contributed by atoms with Crippen molar-refractivity contribution in [2.24, 2.45) is 0 Å². The van der Waals surface area contributed by atoms with Gasteiger partial charge in [-0.3, -0.25) is 0 Å². The number of nitrogens with zero attached hydrogens (tertiary/aromatic N) is 2. The number of piperazine rings is 1. The van der Waals surface area contributed by atoms with E-state index in [-0.39, 0.29) is 11.3 Å². The van der Waals surface area contributed by atoms with Crippen LogP contribution >= 0.6 is 0 Å². The van der Waals surface area contributed by atoms with Gasteiger partial charge >= 0.3 is 5.22 Å². The van der Waals surface area contributed by atoms with Crippen molar-refractivity contribution in [3.63, 3.8) is 0 Å². The van der Waals surface area contributed by atoms with Gasteiger partial charge in [0.1, 0.15) is 5.52 Å². The lowest BCUT2D eigenvalue weighted by Gasteiger charge is -2.31. The Labute approximate surface area is 111 Å². The van der Waals surface area contributed by atoms with Gasteiger partial charge in [0.2, 0.25) is 0 Å². The number of oxazole rings is 1. The highest BCUT2D eigenvalue weighted by atomic mass is 32.2. The average Bonchev–Trinajstić information content (AvgIpc) is 2.83. The second kappa shape index (κ2) is 4.59. The van der Waals surface area contributed by atoms with Gasteiger partial charge in [-0.15, -0.1) is 0 Å². The van der Waals surface area contributed by atoms with E-state index in [9.17, 15) is 8.42 Å². The molecule has 6 nitrogen and oxygen atoms in total. The van der Waals surface area contributed by atoms with Crippen molar-refractivity contribution in [2.45, 2.75) is 18.2 Å². The summed E-state index contributed by atoms with van der Waals surface area (Å²) in [6.07, 6.45) is 0. The van der Waals surface area contributed by atoms with Crippen LogP contribution in [-0.4, -0.2) is 43.4 Å². The maximum absolute atomic E-state index is 12.5. The predicted molar refractivity (Wildman–Crippen MR) is 70.2 cm³/mol. The molecule has 3 rings (SSSR count). The zero-order valence-corrected chi connectivity index (χ0v) is 11.4. The number of rotatable bonds is 2. The lowest BCUT2D eigenvalue weighted by molar-refractivity contribution is 0.275. The SMILES string of the molecule is CC1CNCCN1S(=O)(=O)c1nc2ccccc2o1. The van der Waals surface area contributed by atoms with E-state index < -0.39 is 10.0 Å². The Balaban J connectivity index is 2.03. The molecule has 1 aliphatic rings. The van der Waals surface area contributed by atoms with Crippen molar-refractivity contribution >= 4 is 21.1 Å². The molecule has 2 heterocycles. The van der Waals surface area contributed by atoms with Crippen LogP contribution in [0.25, 0.3) is 11.1 Å². The monoisotopic (exact) mass is 281 g/mol. The van der Waals surface area contributed by atoms with Gasteiger partial charge in [0.15, 0.2) is 5.58 Å². The molecule has 19 heavy (non-hydrogen) atoms. The van der Waals surface area contributed by atoms with E-state index in [1.165, 1.54) is 4.31 Å². The van der Waals surface area contributed by atoms with Gasteiger partial charge in [-0.2, -0.15) is 9.29 Å². The number of hydrogen-bond acceptors (Lipinski definition) is 5. The molecule has 1 N–H and O–H groups in total. The van der Waals surface area contributed by atoms with Crippen LogP contribution in [0.15, 0.2) is 33.9 Å². The molecule has 1 unspecified atom stereocenters. The van der Waals surface area contributed by atoms with Crippen LogP contribution in [0.1, 0.15) is 6.92 Å². The molecular formula is C12H15N3O3S. The van der Waals surface area contributed by atoms with Gasteiger partial charge in [-0.05, 0) is 19.1 Å². The lowest BCUT2D eigenvalue weighted by atomic mass is 10.3. The second-order valence-corrected chi connectivity index (χ2v) is 6.38. The summed E-state index contributed by atoms with van der Waals surface area (Å²) >= 11 is 0. The molecule has 2 aromatic rings. The Kier molecular flexibility index (Phi) is 3.04. The molecule has 1 fully saturated rings. The first-order valence-electron chi connectivity index (χ1n) is 6.17. The van der Waals surface area contributed by atoms with Crippen molar-refractivity contribution in [1.29, 1.82) is 0 Å². The molecule has 1 aromatic heterocycles. The minimum Gasteiger partial charge on any atom is -0.427 e. The average molecular weight is 281 g/mol. The van der Waals surface area contributed by atoms with Crippen molar-refractivity contribution in [1.82, 2.24) is 14.6 Å². The van der Waals surface area contributed by atoms with Crippen LogP contribution in [0.3, 0.4) is 0 Å². The standard InChI is InChI=1S/C12H15N3O3S/c1-9-8-13-6-7-15(9)19(16,17)12-14-10-4-2-3-5-11(10)18-12/h2-5,9,13H,6-8H2,1H3. The topological polar surface area (TPSA) is 75.4 Å². The van der Waals surface area contributed by atoms with E-state index in [2.05, 4.69) is 10.3 Å². The molecule has 0 spiro atoms. The number of sulfonamides is 1. The molecule has 0 aliphatic carbocycles. The Morgan fingerprint density at radius 2 is 2.21 bits per heavy atom. The van der Waals surface area contributed by atoms with Gasteiger partial charge in [0.05, 0.1) is 0 Å². The van der Waals surface area contributed by atoms with E-state index in [0.29, 0.717) is 30.7 Å². The van der Waals surface area contributed by atoms with E-state index in [4.69, 9.17) is 4.42 Å². The number of para-hydroxylation sites is 2. The van der Waals surface area contributed by atoms with Crippen molar-refractivity contribution in [3.8, 4) is 0 Å². The number of hydrogen-bond donors (Lipinski definition) is 1. The van der Waals surface area contributed by atoms with Crippen LogP contribution in [-0.2, 0) is 10.0 Å². The second-order valence-electron chi connectivity index (χ2n) is 4.62. The van der Waals surface area contributed by atoms with Crippen LogP contribution < -0.4 is 5.32 Å². The highest BCUT2D eigenvalue weighted by molar-refractivity contribution is 7.88. The molecule has 0 radical (unpaired) electrons. The molecule has 102 valence electrons. The predicted octanol–water partition coefficient (Wildman–Crippen LogP) is 0.810. The molecule has 0 bridgehead atoms. The third-order valence-corrected chi connectivity index (χ3v) is 5.02. The normalized spacial score (nSPS) is 21.8. The third kappa shape index (κ3) is 2.13. The molecule has 1 aromatic carbocycles. The highest BCUT2D eigenvalue weighted by Crippen LogP contribution is 2.23. The molecule has 1 atom stereocenters. The van der Waals surface area contributed by atoms with Gasteiger partial charge in [0, 0.05) is 25.7 Å². The first kappa shape index (κ1) is 12.6. The fraction of sp³-hybridized carbons (Fsp3) is 0.417. The third-order valence-electron chi connectivity index (χ3n) is 3.24. The molecule has 7 heteroatoms. The van der Waals surface area contributed by atoms with Crippen LogP contribution in [0.5, 0.6) is 0 Å². The summed E-state index contributed by atoms with van der Waals surface area (Å²) in [7, 11) is -3.66. The van der Waals surface area contributed by atoms with Gasteiger partial charge in [-0.25, -0.2) is 8.42 Å². The molecule has 0 amide bonds. The maximum atomic E-state index is 12.5. The summed E-state index contributed by atoms with van der Waals surface area (Å²) in [5, 5.41) is 2.94. The summed E-state index contributed by atoms with van der Waals surface area (Å²) in [6.45, 7) is 3.58. The summed E-state index contributed by atoms with van der Waals surface area (Å²) in [5.41, 5.74) is 1.05. The van der Waals surface area contributed by atoms with E-state index in [0.717, 1.165) is 0 Å². The van der Waals surface area contributed by atoms with Crippen molar-refractivity contribution < 1.29 is 12.8 Å². The summed E-state index contributed by atoms with van der Waals surface area (Å²) < 4.78 is 31.8. The Hall–Kier alpha value is -1.44. The number of nitrogens with one attached hydrogen (secondary N) is 1. The number of fused-ring (bicyclic) bond motifs is 1. The largest absolute Gasteiger partial charge is 0.427 e. The lowest BCUT2D eigenvalue weighted by Crippen LogP contribution is -2.52. The summed E-state index contributed by atoms with van der Waals surface area (Å²) in [6, 6.07) is 6.93. The van der Waals surface area contributed by atoms with Gasteiger partial charge in [-0.1, -0.05) is 12.1 Å². The van der Waals surface area contributed by atoms with Crippen LogP contribution in [0, 0.1) is 0 Å². The van der Waals surface area contributed by atoms with Crippen LogP contribution in [0.2, 0.25) is 0 Å². The first-order chi connectivity index (χ1) is 9.09. The van der Waals surface area contributed by atoms with Gasteiger partial charge in [0.25, 0.3) is 10.0 Å². The minimum absolute atomic E-state index is 0.103. The fourth-order valence-electron chi connectivity index (χ4n) is 2.24. The van der Waals surface area contributed by atoms with Crippen molar-refractivity contribution in [2.75, 3.05) is 19.6 Å². The molecule has 1 saturated heterocycles. The quantitative estimate of drug-likeness (QED) is 0.881. The highest BCUT2D eigenvalue weighted by Gasteiger charge is 2.34. The minimum atomic E-state index is -3.66. The zero-order chi connectivity index (χ0) is 13.5. The summed E-state index contributed by atoms with van der Waals surface area (Å²) in [4.78, 5) is 4.08. The number of benzene rings is 1. The molecule has 0 saturated carbocycles. The molecular weight excluding hydrogens is 266 g/mol. The van der Waals surface area contributed by atoms with E-state index in [1.54, 1.807) is 24.3 Å². The zero-order valence-electron chi connectivity index (χ0n) is 10.5. The Bertz CT molecular complexity index is 662. The van der Waals surface area contributed by atoms with Crippen molar-refractivity contribution in [3.05, 3.63) is 24.3 Å². The van der Waals surface area contributed by atoms with Crippen LogP contribution in [0.4, 0.5) is 0 Å².